The summed E-state index contributed by atoms with van der Waals surface area (Å²) in [6, 6.07) is 11.4. The topological polar surface area (TPSA) is 55.8 Å². The number of benzene rings is 2. The summed E-state index contributed by atoms with van der Waals surface area (Å²) in [6.45, 7) is 3.22. The van der Waals surface area contributed by atoms with Crippen LogP contribution in [-0.2, 0) is 6.42 Å². The average molecular weight is 435 g/mol. The number of carbonyl (C=O) groups excluding carboxylic acids is 1. The van der Waals surface area contributed by atoms with Crippen molar-refractivity contribution >= 4 is 6.29 Å². The number of rotatable bonds is 6. The molecule has 0 saturated heterocycles. The summed E-state index contributed by atoms with van der Waals surface area (Å²) in [5, 5.41) is 9.90. The van der Waals surface area contributed by atoms with E-state index in [4.69, 9.17) is 9.47 Å². The van der Waals surface area contributed by atoms with Crippen LogP contribution in [0.5, 0.6) is 17.2 Å². The second-order valence-electron chi connectivity index (χ2n) is 10.3. The molecule has 32 heavy (non-hydrogen) atoms. The van der Waals surface area contributed by atoms with Crippen molar-refractivity contribution in [2.45, 2.75) is 57.8 Å². The van der Waals surface area contributed by atoms with Crippen LogP contribution in [0.2, 0.25) is 0 Å². The van der Waals surface area contributed by atoms with Crippen molar-refractivity contribution in [1.29, 1.82) is 0 Å². The van der Waals surface area contributed by atoms with Crippen LogP contribution in [-0.4, -0.2) is 25.1 Å². The minimum Gasteiger partial charge on any atom is -0.508 e. The highest BCUT2D eigenvalue weighted by atomic mass is 16.5. The van der Waals surface area contributed by atoms with Gasteiger partial charge < -0.3 is 14.6 Å². The summed E-state index contributed by atoms with van der Waals surface area (Å²) in [7, 11) is 1.61. The van der Waals surface area contributed by atoms with Gasteiger partial charge in [-0.1, -0.05) is 13.0 Å². The Kier molecular flexibility index (Phi) is 5.65. The monoisotopic (exact) mass is 434 g/mol. The summed E-state index contributed by atoms with van der Waals surface area (Å²) in [5.74, 6) is 4.65. The largest absolute Gasteiger partial charge is 0.508 e. The highest BCUT2D eigenvalue weighted by Gasteiger charge is 2.54. The van der Waals surface area contributed by atoms with E-state index < -0.39 is 0 Å². The molecule has 0 aromatic heterocycles. The second-order valence-corrected chi connectivity index (χ2v) is 10.3. The van der Waals surface area contributed by atoms with Gasteiger partial charge in [-0.2, -0.15) is 0 Å². The van der Waals surface area contributed by atoms with Crippen molar-refractivity contribution < 1.29 is 19.4 Å². The summed E-state index contributed by atoms with van der Waals surface area (Å²) < 4.78 is 11.5. The van der Waals surface area contributed by atoms with E-state index in [1.54, 1.807) is 19.2 Å². The van der Waals surface area contributed by atoms with E-state index in [1.807, 2.05) is 18.2 Å². The summed E-state index contributed by atoms with van der Waals surface area (Å²) in [6.07, 6.45) is 9.40. The van der Waals surface area contributed by atoms with Gasteiger partial charge in [0.05, 0.1) is 13.7 Å². The Morgan fingerprint density at radius 1 is 1.09 bits per heavy atom. The zero-order valence-corrected chi connectivity index (χ0v) is 19.2. The van der Waals surface area contributed by atoms with Crippen LogP contribution in [0.1, 0.15) is 72.9 Å². The van der Waals surface area contributed by atoms with E-state index in [1.165, 1.54) is 43.2 Å². The van der Waals surface area contributed by atoms with Gasteiger partial charge >= 0.3 is 0 Å². The number of phenols is 1. The fraction of sp³-hybridized carbons (Fsp3) is 0.536. The van der Waals surface area contributed by atoms with Crippen LogP contribution in [0.15, 0.2) is 36.4 Å². The van der Waals surface area contributed by atoms with Crippen LogP contribution in [0.25, 0.3) is 0 Å². The van der Waals surface area contributed by atoms with Gasteiger partial charge in [-0.25, -0.2) is 0 Å². The van der Waals surface area contributed by atoms with E-state index in [0.717, 1.165) is 31.0 Å². The molecule has 0 heterocycles. The fourth-order valence-corrected chi connectivity index (χ4v) is 7.34. The van der Waals surface area contributed by atoms with Crippen LogP contribution in [0.4, 0.5) is 0 Å². The number of aromatic hydroxyl groups is 1. The molecule has 1 N–H and O–H groups in total. The molecule has 5 atom stereocenters. The van der Waals surface area contributed by atoms with Crippen molar-refractivity contribution in [3.63, 3.8) is 0 Å². The van der Waals surface area contributed by atoms with E-state index >= 15 is 0 Å². The molecule has 0 amide bonds. The van der Waals surface area contributed by atoms with Gasteiger partial charge in [0.2, 0.25) is 0 Å². The van der Waals surface area contributed by atoms with Gasteiger partial charge in [0.25, 0.3) is 0 Å². The Morgan fingerprint density at radius 3 is 2.78 bits per heavy atom. The number of methoxy groups -OCH3 is 1. The van der Waals surface area contributed by atoms with Crippen LogP contribution >= 0.6 is 0 Å². The van der Waals surface area contributed by atoms with Gasteiger partial charge in [-0.3, -0.25) is 4.79 Å². The van der Waals surface area contributed by atoms with Gasteiger partial charge in [-0.15, -0.1) is 0 Å². The van der Waals surface area contributed by atoms with E-state index in [2.05, 4.69) is 13.0 Å². The van der Waals surface area contributed by atoms with Gasteiger partial charge in [0.15, 0.2) is 11.5 Å². The zero-order valence-electron chi connectivity index (χ0n) is 19.2. The molecule has 2 fully saturated rings. The molecule has 4 heteroatoms. The Labute approximate surface area is 190 Å². The number of fused-ring (bicyclic) bond motifs is 5. The predicted molar refractivity (Wildman–Crippen MR) is 125 cm³/mol. The molecular formula is C28H34O4. The van der Waals surface area contributed by atoms with E-state index in [9.17, 15) is 9.90 Å². The Balaban J connectivity index is 1.26. The minimum absolute atomic E-state index is 0.393. The number of phenolic OH excluding ortho intramolecular Hbond substituents is 1. The Bertz CT molecular complexity index is 999. The number of hydrogen-bond donors (Lipinski definition) is 1. The number of ether oxygens (including phenoxy) is 2. The molecule has 0 bridgehead atoms. The predicted octanol–water partition coefficient (Wildman–Crippen LogP) is 6.15. The zero-order chi connectivity index (χ0) is 22.3. The van der Waals surface area contributed by atoms with Gasteiger partial charge in [0.1, 0.15) is 12.0 Å². The first-order valence-electron chi connectivity index (χ1n) is 12.1. The van der Waals surface area contributed by atoms with Gasteiger partial charge in [0, 0.05) is 5.56 Å². The lowest BCUT2D eigenvalue weighted by Gasteiger charge is -2.51. The molecule has 170 valence electrons. The first-order valence-corrected chi connectivity index (χ1v) is 12.1. The fourth-order valence-electron chi connectivity index (χ4n) is 7.34. The quantitative estimate of drug-likeness (QED) is 0.554. The molecule has 0 aliphatic heterocycles. The molecule has 0 radical (unpaired) electrons. The molecular weight excluding hydrogens is 400 g/mol. The molecule has 0 spiro atoms. The molecule has 3 aliphatic rings. The third-order valence-electron chi connectivity index (χ3n) is 8.95. The first kappa shape index (κ1) is 21.4. The van der Waals surface area contributed by atoms with Gasteiger partial charge in [-0.05, 0) is 115 Å². The Hall–Kier alpha value is -2.49. The maximum absolute atomic E-state index is 11.0. The summed E-state index contributed by atoms with van der Waals surface area (Å²) in [5.41, 5.74) is 3.86. The lowest BCUT2D eigenvalue weighted by atomic mass is 9.54. The smallest absolute Gasteiger partial charge is 0.161 e. The van der Waals surface area contributed by atoms with Crippen LogP contribution < -0.4 is 9.47 Å². The van der Waals surface area contributed by atoms with Crippen LogP contribution in [0, 0.1) is 23.2 Å². The first-order chi connectivity index (χ1) is 15.5. The second kappa shape index (κ2) is 8.46. The van der Waals surface area contributed by atoms with Crippen molar-refractivity contribution in [2.75, 3.05) is 13.7 Å². The van der Waals surface area contributed by atoms with Crippen molar-refractivity contribution in [3.8, 4) is 17.2 Å². The maximum atomic E-state index is 11.0. The van der Waals surface area contributed by atoms with Crippen molar-refractivity contribution in [1.82, 2.24) is 0 Å². The SMILES string of the molecule is COc1cc(C=O)ccc1OCC[C@H]1CCC2C3CCc4cc(O)ccc4C3CCC21C. The number of carbonyl (C=O) groups is 1. The highest BCUT2D eigenvalue weighted by molar-refractivity contribution is 5.76. The average Bonchev–Trinajstić information content (AvgIpc) is 3.15. The minimum atomic E-state index is 0.393. The third-order valence-corrected chi connectivity index (χ3v) is 8.95. The summed E-state index contributed by atoms with van der Waals surface area (Å²) >= 11 is 0. The molecule has 4 nitrogen and oxygen atoms in total. The van der Waals surface area contributed by atoms with E-state index in [-0.39, 0.29) is 0 Å². The standard InChI is InChI=1S/C28H34O4/c1-28-13-11-23-22-8-6-21(30)16-19(22)4-7-24(23)25(28)9-5-20(28)12-14-32-26-10-3-18(17-29)15-27(26)31-2/h3,6,8,10,15-17,20,23-25,30H,4-5,7,9,11-14H2,1-2H3/t20-,23?,24?,25?,28?/m1/s1. The molecule has 5 rings (SSSR count). The molecule has 3 aliphatic carbocycles. The summed E-state index contributed by atoms with van der Waals surface area (Å²) in [4.78, 5) is 11.0. The number of aldehydes is 1. The molecule has 4 unspecified atom stereocenters. The Morgan fingerprint density at radius 2 is 1.97 bits per heavy atom. The van der Waals surface area contributed by atoms with E-state index in [0.29, 0.717) is 46.7 Å². The molecule has 2 aromatic carbocycles. The third kappa shape index (κ3) is 3.58. The lowest BCUT2D eigenvalue weighted by molar-refractivity contribution is 0.0219. The van der Waals surface area contributed by atoms with Crippen molar-refractivity contribution in [2.24, 2.45) is 23.2 Å². The maximum Gasteiger partial charge on any atom is 0.161 e. The van der Waals surface area contributed by atoms with Crippen molar-refractivity contribution in [3.05, 3.63) is 53.1 Å². The molecule has 2 saturated carbocycles. The number of aryl methyl sites for hydroxylation is 1. The molecule has 2 aromatic rings. The normalized spacial score (nSPS) is 30.7. The number of hydrogen-bond acceptors (Lipinski definition) is 4. The highest BCUT2D eigenvalue weighted by Crippen LogP contribution is 2.63. The van der Waals surface area contributed by atoms with Crippen LogP contribution in [0.3, 0.4) is 0 Å². The lowest BCUT2D eigenvalue weighted by Crippen LogP contribution is -2.42.